The maximum Gasteiger partial charge on any atom is 0.305 e. The van der Waals surface area contributed by atoms with Crippen LogP contribution in [0.1, 0.15) is 24.4 Å². The zero-order valence-corrected chi connectivity index (χ0v) is 12.0. The van der Waals surface area contributed by atoms with E-state index in [4.69, 9.17) is 5.11 Å². The molecule has 3 N–H and O–H groups in total. The van der Waals surface area contributed by atoms with Gasteiger partial charge in [0.25, 0.3) is 0 Å². The summed E-state index contributed by atoms with van der Waals surface area (Å²) < 4.78 is 24.8. The highest BCUT2D eigenvalue weighted by Crippen LogP contribution is 2.18. The van der Waals surface area contributed by atoms with Crippen molar-refractivity contribution in [2.45, 2.75) is 24.9 Å². The Hall–Kier alpha value is -1.93. The van der Waals surface area contributed by atoms with Crippen molar-refractivity contribution in [3.8, 4) is 0 Å². The van der Waals surface area contributed by atoms with Crippen LogP contribution >= 0.6 is 0 Å². The average Bonchev–Trinajstić information content (AvgIpc) is 2.79. The summed E-state index contributed by atoms with van der Waals surface area (Å²) in [6.45, 7) is 0. The minimum Gasteiger partial charge on any atom is -0.481 e. The maximum atomic E-state index is 12.1. The molecule has 114 valence electrons. The highest BCUT2D eigenvalue weighted by Gasteiger charge is 2.33. The van der Waals surface area contributed by atoms with Crippen LogP contribution in [0, 0.1) is 0 Å². The van der Waals surface area contributed by atoms with E-state index < -0.39 is 34.0 Å². The number of carboxylic acid groups (broad SMARTS) is 1. The van der Waals surface area contributed by atoms with Gasteiger partial charge in [-0.3, -0.25) is 9.59 Å². The lowest BCUT2D eigenvalue weighted by molar-refractivity contribution is -0.137. The molecule has 7 nitrogen and oxygen atoms in total. The fourth-order valence-electron chi connectivity index (χ4n) is 2.18. The van der Waals surface area contributed by atoms with Crippen molar-refractivity contribution in [3.63, 3.8) is 0 Å². The smallest absolute Gasteiger partial charge is 0.305 e. The summed E-state index contributed by atoms with van der Waals surface area (Å²) in [5.41, 5.74) is 0.661. The van der Waals surface area contributed by atoms with E-state index in [1.165, 1.54) is 0 Å². The molecule has 21 heavy (non-hydrogen) atoms. The average molecular weight is 312 g/mol. The highest BCUT2D eigenvalue weighted by molar-refractivity contribution is 7.89. The number of hydrogen-bond acceptors (Lipinski definition) is 4. The lowest BCUT2D eigenvalue weighted by Gasteiger charge is -2.19. The molecular weight excluding hydrogens is 296 g/mol. The van der Waals surface area contributed by atoms with E-state index in [1.807, 2.05) is 0 Å². The van der Waals surface area contributed by atoms with Crippen LogP contribution in [0.2, 0.25) is 0 Å². The van der Waals surface area contributed by atoms with Crippen LogP contribution in [0.3, 0.4) is 0 Å². The van der Waals surface area contributed by atoms with Crippen molar-refractivity contribution in [2.24, 2.45) is 0 Å². The molecule has 1 amide bonds. The fraction of sp³-hybridized carbons (Fsp3) is 0.385. The van der Waals surface area contributed by atoms with Gasteiger partial charge in [-0.1, -0.05) is 30.3 Å². The molecule has 1 fully saturated rings. The SMILES string of the molecule is O=C(O)CC(NC(=O)C1CCS(=O)(=O)N1)c1ccccc1. The Morgan fingerprint density at radius 1 is 1.33 bits per heavy atom. The van der Waals surface area contributed by atoms with Gasteiger partial charge in [-0.2, -0.15) is 0 Å². The summed E-state index contributed by atoms with van der Waals surface area (Å²) in [5, 5.41) is 11.5. The Morgan fingerprint density at radius 3 is 2.52 bits per heavy atom. The van der Waals surface area contributed by atoms with Gasteiger partial charge in [0.2, 0.25) is 15.9 Å². The second-order valence-corrected chi connectivity index (χ2v) is 6.72. The van der Waals surface area contributed by atoms with Crippen LogP contribution in [-0.4, -0.2) is 37.2 Å². The molecule has 1 heterocycles. The summed E-state index contributed by atoms with van der Waals surface area (Å²) in [5.74, 6) is -1.65. The van der Waals surface area contributed by atoms with Crippen molar-refractivity contribution >= 4 is 21.9 Å². The van der Waals surface area contributed by atoms with Crippen molar-refractivity contribution < 1.29 is 23.1 Å². The molecule has 2 atom stereocenters. The fourth-order valence-corrected chi connectivity index (χ4v) is 3.50. The Bertz CT molecular complexity index is 629. The molecule has 1 aliphatic heterocycles. The predicted octanol–water partition coefficient (Wildman–Crippen LogP) is 0.0103. The molecule has 2 rings (SSSR count). The molecule has 0 radical (unpaired) electrons. The molecule has 0 aromatic heterocycles. The molecule has 0 aliphatic carbocycles. The van der Waals surface area contributed by atoms with Gasteiger partial charge in [-0.15, -0.1) is 0 Å². The molecule has 1 aliphatic rings. The zero-order chi connectivity index (χ0) is 15.5. The molecular formula is C13H16N2O5S. The molecule has 2 unspecified atom stereocenters. The van der Waals surface area contributed by atoms with Gasteiger partial charge in [-0.05, 0) is 12.0 Å². The van der Waals surface area contributed by atoms with E-state index in [2.05, 4.69) is 10.0 Å². The molecule has 0 saturated carbocycles. The van der Waals surface area contributed by atoms with Gasteiger partial charge < -0.3 is 10.4 Å². The first kappa shape index (κ1) is 15.5. The number of hydrogen-bond donors (Lipinski definition) is 3. The second-order valence-electron chi connectivity index (χ2n) is 4.85. The largest absolute Gasteiger partial charge is 0.481 e. The van der Waals surface area contributed by atoms with Crippen LogP contribution in [0.5, 0.6) is 0 Å². The number of carbonyl (C=O) groups is 2. The van der Waals surface area contributed by atoms with Crippen molar-refractivity contribution in [2.75, 3.05) is 5.75 Å². The van der Waals surface area contributed by atoms with Crippen LogP contribution < -0.4 is 10.0 Å². The molecule has 0 spiro atoms. The Morgan fingerprint density at radius 2 is 2.00 bits per heavy atom. The van der Waals surface area contributed by atoms with Crippen LogP contribution in [0.15, 0.2) is 30.3 Å². The number of carbonyl (C=O) groups excluding carboxylic acids is 1. The minimum atomic E-state index is -3.39. The first-order chi connectivity index (χ1) is 9.87. The van der Waals surface area contributed by atoms with Crippen molar-refractivity contribution in [1.29, 1.82) is 0 Å². The lowest BCUT2D eigenvalue weighted by atomic mass is 10.0. The van der Waals surface area contributed by atoms with Crippen molar-refractivity contribution in [3.05, 3.63) is 35.9 Å². The summed E-state index contributed by atoms with van der Waals surface area (Å²) in [7, 11) is -3.39. The third-order valence-electron chi connectivity index (χ3n) is 3.21. The van der Waals surface area contributed by atoms with Gasteiger partial charge >= 0.3 is 5.97 Å². The number of sulfonamides is 1. The number of nitrogens with one attached hydrogen (secondary N) is 2. The lowest BCUT2D eigenvalue weighted by Crippen LogP contribution is -2.43. The van der Waals surface area contributed by atoms with Crippen LogP contribution in [0.4, 0.5) is 0 Å². The zero-order valence-electron chi connectivity index (χ0n) is 11.2. The number of aliphatic carboxylic acids is 1. The van der Waals surface area contributed by atoms with E-state index >= 15 is 0 Å². The van der Waals surface area contributed by atoms with E-state index in [-0.39, 0.29) is 18.6 Å². The third kappa shape index (κ3) is 4.27. The quantitative estimate of drug-likeness (QED) is 0.709. The first-order valence-corrected chi connectivity index (χ1v) is 8.10. The normalized spacial score (nSPS) is 21.6. The highest BCUT2D eigenvalue weighted by atomic mass is 32.2. The molecule has 1 aromatic rings. The first-order valence-electron chi connectivity index (χ1n) is 6.44. The third-order valence-corrected chi connectivity index (χ3v) is 4.63. The summed E-state index contributed by atoms with van der Waals surface area (Å²) >= 11 is 0. The number of amides is 1. The van der Waals surface area contributed by atoms with Gasteiger partial charge in [0.05, 0.1) is 18.2 Å². The minimum absolute atomic E-state index is 0.0972. The Kier molecular flexibility index (Phi) is 4.59. The maximum absolute atomic E-state index is 12.1. The summed E-state index contributed by atoms with van der Waals surface area (Å²) in [6, 6.07) is 7.17. The van der Waals surface area contributed by atoms with E-state index in [0.717, 1.165) is 0 Å². The van der Waals surface area contributed by atoms with Gasteiger partial charge in [-0.25, -0.2) is 13.1 Å². The Labute approximate surface area is 122 Å². The summed E-state index contributed by atoms with van der Waals surface area (Å²) in [4.78, 5) is 23.0. The molecule has 1 aromatic carbocycles. The molecule has 0 bridgehead atoms. The van der Waals surface area contributed by atoms with Crippen LogP contribution in [0.25, 0.3) is 0 Å². The van der Waals surface area contributed by atoms with E-state index in [9.17, 15) is 18.0 Å². The monoisotopic (exact) mass is 312 g/mol. The van der Waals surface area contributed by atoms with Gasteiger partial charge in [0.15, 0.2) is 0 Å². The second kappa shape index (κ2) is 6.23. The predicted molar refractivity (Wildman–Crippen MR) is 74.9 cm³/mol. The molecule has 1 saturated heterocycles. The Balaban J connectivity index is 2.09. The van der Waals surface area contributed by atoms with Gasteiger partial charge in [0.1, 0.15) is 6.04 Å². The van der Waals surface area contributed by atoms with E-state index in [0.29, 0.717) is 5.56 Å². The standard InChI is InChI=1S/C13H16N2O5S/c16-12(17)8-11(9-4-2-1-3-5-9)14-13(18)10-6-7-21(19,20)15-10/h1-5,10-11,15H,6-8H2,(H,14,18)(H,16,17). The van der Waals surface area contributed by atoms with E-state index in [1.54, 1.807) is 30.3 Å². The number of carboxylic acids is 1. The number of benzene rings is 1. The number of rotatable bonds is 5. The van der Waals surface area contributed by atoms with Crippen LogP contribution in [-0.2, 0) is 19.6 Å². The van der Waals surface area contributed by atoms with Crippen molar-refractivity contribution in [1.82, 2.24) is 10.0 Å². The van der Waals surface area contributed by atoms with Gasteiger partial charge in [0, 0.05) is 0 Å². The molecule has 8 heteroatoms. The topological polar surface area (TPSA) is 113 Å². The summed E-state index contributed by atoms with van der Waals surface area (Å²) in [6.07, 6.45) is -0.0853.